The Kier molecular flexibility index (Phi) is 4.72. The molecule has 1 nitrogen and oxygen atoms in total. The summed E-state index contributed by atoms with van der Waals surface area (Å²) in [6.07, 6.45) is 1.49. The molecule has 0 aromatic heterocycles. The van der Waals surface area contributed by atoms with Crippen molar-refractivity contribution in [2.24, 2.45) is 17.8 Å². The molecule has 3 heteroatoms. The molecule has 2 unspecified atom stereocenters. The van der Waals surface area contributed by atoms with Gasteiger partial charge in [0.2, 0.25) is 0 Å². The van der Waals surface area contributed by atoms with Crippen molar-refractivity contribution in [3.05, 3.63) is 0 Å². The van der Waals surface area contributed by atoms with Gasteiger partial charge < -0.3 is 5.32 Å². The van der Waals surface area contributed by atoms with Gasteiger partial charge in [0.15, 0.2) is 0 Å². The van der Waals surface area contributed by atoms with Gasteiger partial charge in [0.05, 0.1) is 0 Å². The molecular formula is C13H25F2N. The summed E-state index contributed by atoms with van der Waals surface area (Å²) in [4.78, 5) is 0. The first-order valence-corrected chi connectivity index (χ1v) is 6.42. The highest BCUT2D eigenvalue weighted by Gasteiger charge is 2.44. The Bertz CT molecular complexity index is 214. The SMILES string of the molecule is CC(C)CC1CC(F)(F)C(CC(C)C)CN1. The maximum absolute atomic E-state index is 13.9. The van der Waals surface area contributed by atoms with Crippen LogP contribution in [-0.4, -0.2) is 18.5 Å². The molecule has 2 atom stereocenters. The largest absolute Gasteiger partial charge is 0.313 e. The van der Waals surface area contributed by atoms with Crippen molar-refractivity contribution in [3.8, 4) is 0 Å². The number of piperidine rings is 1. The zero-order valence-electron chi connectivity index (χ0n) is 10.9. The molecule has 0 spiro atoms. The van der Waals surface area contributed by atoms with Gasteiger partial charge in [-0.3, -0.25) is 0 Å². The van der Waals surface area contributed by atoms with E-state index in [1.807, 2.05) is 13.8 Å². The first-order valence-electron chi connectivity index (χ1n) is 6.42. The Balaban J connectivity index is 2.51. The second-order valence-corrected chi connectivity index (χ2v) is 6.03. The van der Waals surface area contributed by atoms with Gasteiger partial charge in [0, 0.05) is 24.9 Å². The van der Waals surface area contributed by atoms with Crippen LogP contribution >= 0.6 is 0 Å². The highest BCUT2D eigenvalue weighted by Crippen LogP contribution is 2.37. The molecule has 96 valence electrons. The third-order valence-corrected chi connectivity index (χ3v) is 3.28. The van der Waals surface area contributed by atoms with Gasteiger partial charge in [0.25, 0.3) is 5.92 Å². The number of hydrogen-bond donors (Lipinski definition) is 1. The summed E-state index contributed by atoms with van der Waals surface area (Å²) in [6.45, 7) is 8.66. The molecule has 1 rings (SSSR count). The standard InChI is InChI=1S/C13H25F2N/c1-9(2)5-11-8-16-12(6-10(3)4)7-13(11,14)15/h9-12,16H,5-8H2,1-4H3. The topological polar surface area (TPSA) is 12.0 Å². The van der Waals surface area contributed by atoms with Crippen molar-refractivity contribution < 1.29 is 8.78 Å². The first-order chi connectivity index (χ1) is 7.31. The molecule has 0 aromatic carbocycles. The zero-order valence-corrected chi connectivity index (χ0v) is 10.9. The van der Waals surface area contributed by atoms with E-state index >= 15 is 0 Å². The van der Waals surface area contributed by atoms with E-state index in [9.17, 15) is 8.78 Å². The van der Waals surface area contributed by atoms with Crippen molar-refractivity contribution in [2.45, 2.75) is 58.9 Å². The van der Waals surface area contributed by atoms with Gasteiger partial charge in [-0.05, 0) is 24.7 Å². The van der Waals surface area contributed by atoms with Crippen LogP contribution in [0.5, 0.6) is 0 Å². The lowest BCUT2D eigenvalue weighted by molar-refractivity contribution is -0.0976. The fourth-order valence-electron chi connectivity index (χ4n) is 2.59. The fraction of sp³-hybridized carbons (Fsp3) is 1.00. The fourth-order valence-corrected chi connectivity index (χ4v) is 2.59. The Morgan fingerprint density at radius 2 is 1.69 bits per heavy atom. The van der Waals surface area contributed by atoms with Crippen molar-refractivity contribution in [2.75, 3.05) is 6.54 Å². The maximum atomic E-state index is 13.9. The number of halogens is 2. The van der Waals surface area contributed by atoms with Crippen LogP contribution in [0, 0.1) is 17.8 Å². The molecule has 0 saturated carbocycles. The van der Waals surface area contributed by atoms with Crippen LogP contribution in [0.25, 0.3) is 0 Å². The lowest BCUT2D eigenvalue weighted by Gasteiger charge is -2.38. The highest BCUT2D eigenvalue weighted by atomic mass is 19.3. The molecule has 0 aliphatic carbocycles. The Labute approximate surface area is 98.0 Å². The van der Waals surface area contributed by atoms with Gasteiger partial charge in [-0.25, -0.2) is 8.78 Å². The number of nitrogens with one attached hydrogen (secondary N) is 1. The quantitative estimate of drug-likeness (QED) is 0.781. The van der Waals surface area contributed by atoms with E-state index in [4.69, 9.17) is 0 Å². The minimum absolute atomic E-state index is 0.00147. The summed E-state index contributed by atoms with van der Waals surface area (Å²) in [6, 6.07) is -0.00147. The molecule has 1 aliphatic rings. The van der Waals surface area contributed by atoms with Gasteiger partial charge in [-0.2, -0.15) is 0 Å². The molecule has 1 saturated heterocycles. The van der Waals surface area contributed by atoms with E-state index in [1.165, 1.54) is 0 Å². The van der Waals surface area contributed by atoms with Crippen LogP contribution < -0.4 is 5.32 Å². The van der Waals surface area contributed by atoms with Gasteiger partial charge in [-0.1, -0.05) is 27.7 Å². The van der Waals surface area contributed by atoms with Crippen LogP contribution in [0.4, 0.5) is 8.78 Å². The molecule has 16 heavy (non-hydrogen) atoms. The number of hydrogen-bond acceptors (Lipinski definition) is 1. The minimum atomic E-state index is -2.48. The van der Waals surface area contributed by atoms with Crippen LogP contribution in [0.2, 0.25) is 0 Å². The van der Waals surface area contributed by atoms with E-state index in [0.29, 0.717) is 24.8 Å². The lowest BCUT2D eigenvalue weighted by Crippen LogP contribution is -2.51. The smallest absolute Gasteiger partial charge is 0.253 e. The van der Waals surface area contributed by atoms with Gasteiger partial charge in [-0.15, -0.1) is 0 Å². The molecule has 1 N–H and O–H groups in total. The number of rotatable bonds is 4. The van der Waals surface area contributed by atoms with Crippen molar-refractivity contribution >= 4 is 0 Å². The normalized spacial score (nSPS) is 30.0. The Morgan fingerprint density at radius 1 is 1.12 bits per heavy atom. The summed E-state index contributed by atoms with van der Waals surface area (Å²) in [5, 5.41) is 3.28. The van der Waals surface area contributed by atoms with Gasteiger partial charge in [0.1, 0.15) is 0 Å². The predicted octanol–water partition coefficient (Wildman–Crippen LogP) is 3.69. The van der Waals surface area contributed by atoms with Crippen molar-refractivity contribution in [3.63, 3.8) is 0 Å². The summed E-state index contributed by atoms with van der Waals surface area (Å²) in [7, 11) is 0. The molecule has 0 radical (unpaired) electrons. The summed E-state index contributed by atoms with van der Waals surface area (Å²) >= 11 is 0. The van der Waals surface area contributed by atoms with Crippen LogP contribution in [0.15, 0.2) is 0 Å². The average molecular weight is 233 g/mol. The Hall–Kier alpha value is -0.180. The van der Waals surface area contributed by atoms with Crippen LogP contribution in [0.3, 0.4) is 0 Å². The molecule has 0 aromatic rings. The van der Waals surface area contributed by atoms with Crippen molar-refractivity contribution in [1.82, 2.24) is 5.32 Å². The second-order valence-electron chi connectivity index (χ2n) is 6.03. The third kappa shape index (κ3) is 4.00. The van der Waals surface area contributed by atoms with E-state index in [0.717, 1.165) is 6.42 Å². The highest BCUT2D eigenvalue weighted by molar-refractivity contribution is 4.90. The Morgan fingerprint density at radius 3 is 2.12 bits per heavy atom. The second kappa shape index (κ2) is 5.44. The summed E-state index contributed by atoms with van der Waals surface area (Å²) < 4.78 is 27.8. The summed E-state index contributed by atoms with van der Waals surface area (Å²) in [5.41, 5.74) is 0. The molecule has 1 fully saturated rings. The van der Waals surface area contributed by atoms with Crippen LogP contribution in [0.1, 0.15) is 47.0 Å². The molecule has 1 heterocycles. The van der Waals surface area contributed by atoms with Crippen molar-refractivity contribution in [1.29, 1.82) is 0 Å². The lowest BCUT2D eigenvalue weighted by atomic mass is 9.83. The molecule has 0 bridgehead atoms. The predicted molar refractivity (Wildman–Crippen MR) is 63.8 cm³/mol. The first kappa shape index (κ1) is 13.9. The minimum Gasteiger partial charge on any atom is -0.313 e. The molecular weight excluding hydrogens is 208 g/mol. The van der Waals surface area contributed by atoms with E-state index in [-0.39, 0.29) is 12.5 Å². The van der Waals surface area contributed by atoms with E-state index < -0.39 is 11.8 Å². The molecule has 0 amide bonds. The summed E-state index contributed by atoms with van der Waals surface area (Å²) in [5.74, 6) is -2.13. The zero-order chi connectivity index (χ0) is 12.3. The molecule has 1 aliphatic heterocycles. The average Bonchev–Trinajstić information content (AvgIpc) is 2.07. The number of alkyl halides is 2. The maximum Gasteiger partial charge on any atom is 0.253 e. The third-order valence-electron chi connectivity index (χ3n) is 3.28. The van der Waals surface area contributed by atoms with E-state index in [1.54, 1.807) is 0 Å². The van der Waals surface area contributed by atoms with Gasteiger partial charge >= 0.3 is 0 Å². The monoisotopic (exact) mass is 233 g/mol. The van der Waals surface area contributed by atoms with Crippen LogP contribution in [-0.2, 0) is 0 Å². The van der Waals surface area contributed by atoms with E-state index in [2.05, 4.69) is 19.2 Å².